The Morgan fingerprint density at radius 2 is 1.68 bits per heavy atom. The van der Waals surface area contributed by atoms with Gasteiger partial charge in [-0.2, -0.15) is 0 Å². The minimum Gasteiger partial charge on any atom is -0.481 e. The summed E-state index contributed by atoms with van der Waals surface area (Å²) in [6.45, 7) is 2.72. The molecule has 8 heteroatoms. The molecule has 2 unspecified atom stereocenters. The molecule has 0 bridgehead atoms. The normalized spacial score (nSPS) is 14.4. The van der Waals surface area contributed by atoms with Gasteiger partial charge in [0.05, 0.1) is 12.0 Å². The van der Waals surface area contributed by atoms with Crippen molar-refractivity contribution in [2.24, 2.45) is 0 Å². The third-order valence-electron chi connectivity index (χ3n) is 5.61. The van der Waals surface area contributed by atoms with Gasteiger partial charge >= 0.3 is 12.1 Å². The molecule has 0 spiro atoms. The van der Waals surface area contributed by atoms with Crippen molar-refractivity contribution in [3.8, 4) is 23.0 Å². The molecule has 4 N–H and O–H groups in total. The van der Waals surface area contributed by atoms with Crippen LogP contribution in [0.3, 0.4) is 0 Å². The second kappa shape index (κ2) is 10.9. The number of ether oxygens (including phenoxy) is 1. The Balaban J connectivity index is 1.62. The van der Waals surface area contributed by atoms with Crippen molar-refractivity contribution < 1.29 is 29.3 Å². The lowest BCUT2D eigenvalue weighted by atomic mass is 9.98. The second-order valence-corrected chi connectivity index (χ2v) is 8.44. The van der Waals surface area contributed by atoms with Gasteiger partial charge in [0.1, 0.15) is 12.6 Å². The lowest BCUT2D eigenvalue weighted by Gasteiger charge is -2.23. The number of alkyl carbamates (subject to hydrolysis) is 1. The summed E-state index contributed by atoms with van der Waals surface area (Å²) in [5.74, 6) is 3.52. The van der Waals surface area contributed by atoms with Gasteiger partial charge in [-0.15, -0.1) is 11.8 Å². The number of carboxylic acid groups (broad SMARTS) is 1. The Hall–Kier alpha value is -3.83. The fourth-order valence-corrected chi connectivity index (χ4v) is 3.98. The highest BCUT2D eigenvalue weighted by Crippen LogP contribution is 2.44. The van der Waals surface area contributed by atoms with Crippen molar-refractivity contribution in [3.63, 3.8) is 0 Å². The summed E-state index contributed by atoms with van der Waals surface area (Å²) in [7, 11) is 0. The predicted molar refractivity (Wildman–Crippen MR) is 126 cm³/mol. The molecule has 0 fully saturated rings. The first kappa shape index (κ1) is 24.8. The first-order chi connectivity index (χ1) is 16.2. The lowest BCUT2D eigenvalue weighted by molar-refractivity contribution is -0.142. The number of amides is 2. The van der Waals surface area contributed by atoms with Crippen LogP contribution in [0.5, 0.6) is 0 Å². The van der Waals surface area contributed by atoms with E-state index in [1.54, 1.807) is 6.92 Å². The summed E-state index contributed by atoms with van der Waals surface area (Å²) in [4.78, 5) is 36.0. The van der Waals surface area contributed by atoms with Gasteiger partial charge in [-0.05, 0) is 36.1 Å². The minimum atomic E-state index is -1.63. The van der Waals surface area contributed by atoms with Crippen LogP contribution in [-0.2, 0) is 14.3 Å². The number of hydrogen-bond acceptors (Lipinski definition) is 5. The Morgan fingerprint density at radius 1 is 1.09 bits per heavy atom. The highest BCUT2D eigenvalue weighted by molar-refractivity contribution is 5.86. The van der Waals surface area contributed by atoms with E-state index in [4.69, 9.17) is 9.84 Å². The van der Waals surface area contributed by atoms with E-state index >= 15 is 0 Å². The monoisotopic (exact) mass is 464 g/mol. The van der Waals surface area contributed by atoms with Crippen LogP contribution in [0.2, 0.25) is 0 Å². The van der Waals surface area contributed by atoms with Gasteiger partial charge < -0.3 is 25.6 Å². The second-order valence-electron chi connectivity index (χ2n) is 8.44. The standard InChI is InChI=1S/C26H28N2O6/c1-3-4-13-22(24(31)27-16-26(2,33)14-23(29)30)28-25(32)34-15-21-19-11-7-5-9-17(19)18-10-6-8-12-20(18)21/h5-12,21-22,33H,13-16H2,1-2H3,(H,27,31)(H,28,32)(H,29,30). The van der Waals surface area contributed by atoms with Gasteiger partial charge in [-0.25, -0.2) is 4.79 Å². The first-order valence-electron chi connectivity index (χ1n) is 10.9. The molecule has 0 saturated heterocycles. The van der Waals surface area contributed by atoms with Gasteiger partial charge in [-0.3, -0.25) is 9.59 Å². The molecular formula is C26H28N2O6. The van der Waals surface area contributed by atoms with Crippen molar-refractivity contribution >= 4 is 18.0 Å². The van der Waals surface area contributed by atoms with Crippen LogP contribution in [0.25, 0.3) is 11.1 Å². The molecule has 0 aromatic heterocycles. The summed E-state index contributed by atoms with van der Waals surface area (Å²) < 4.78 is 5.49. The Bertz CT molecular complexity index is 1090. The van der Waals surface area contributed by atoms with E-state index in [2.05, 4.69) is 22.5 Å². The predicted octanol–water partition coefficient (Wildman–Crippen LogP) is 2.65. The maximum Gasteiger partial charge on any atom is 0.407 e. The average molecular weight is 465 g/mol. The van der Waals surface area contributed by atoms with Gasteiger partial charge in [-0.1, -0.05) is 48.5 Å². The van der Waals surface area contributed by atoms with Crippen molar-refractivity contribution in [2.75, 3.05) is 13.2 Å². The number of fused-ring (bicyclic) bond motifs is 3. The molecule has 1 aliphatic rings. The quantitative estimate of drug-likeness (QED) is 0.423. The molecule has 0 saturated carbocycles. The van der Waals surface area contributed by atoms with Crippen LogP contribution in [0.15, 0.2) is 48.5 Å². The van der Waals surface area contributed by atoms with Gasteiger partial charge in [0, 0.05) is 18.9 Å². The third kappa shape index (κ3) is 6.15. The van der Waals surface area contributed by atoms with E-state index in [0.717, 1.165) is 22.3 Å². The number of nitrogens with one attached hydrogen (secondary N) is 2. The third-order valence-corrected chi connectivity index (χ3v) is 5.61. The zero-order chi connectivity index (χ0) is 24.7. The highest BCUT2D eigenvalue weighted by Gasteiger charge is 2.30. The van der Waals surface area contributed by atoms with Crippen LogP contribution in [-0.4, -0.2) is 53.0 Å². The van der Waals surface area contributed by atoms with Gasteiger partial charge in [0.2, 0.25) is 5.91 Å². The van der Waals surface area contributed by atoms with Crippen LogP contribution in [0.4, 0.5) is 4.79 Å². The SMILES string of the molecule is CC#CCC(NC(=O)OCC1c2ccccc2-c2ccccc21)C(=O)NCC(C)(O)CC(=O)O. The molecule has 2 atom stereocenters. The molecule has 3 rings (SSSR count). The Kier molecular flexibility index (Phi) is 7.92. The van der Waals surface area contributed by atoms with Crippen LogP contribution >= 0.6 is 0 Å². The molecule has 0 aliphatic heterocycles. The minimum absolute atomic E-state index is 0.0353. The topological polar surface area (TPSA) is 125 Å². The zero-order valence-corrected chi connectivity index (χ0v) is 19.1. The van der Waals surface area contributed by atoms with Crippen molar-refractivity contribution in [1.29, 1.82) is 0 Å². The fraction of sp³-hybridized carbons (Fsp3) is 0.346. The largest absolute Gasteiger partial charge is 0.481 e. The average Bonchev–Trinajstić information content (AvgIpc) is 3.12. The summed E-state index contributed by atoms with van der Waals surface area (Å²) >= 11 is 0. The van der Waals surface area contributed by atoms with Gasteiger partial charge in [0.15, 0.2) is 0 Å². The van der Waals surface area contributed by atoms with E-state index in [1.807, 2.05) is 48.5 Å². The van der Waals surface area contributed by atoms with E-state index in [0.29, 0.717) is 0 Å². The van der Waals surface area contributed by atoms with Crippen LogP contribution < -0.4 is 10.6 Å². The molecule has 34 heavy (non-hydrogen) atoms. The molecule has 0 radical (unpaired) electrons. The van der Waals surface area contributed by atoms with Crippen molar-refractivity contribution in [3.05, 3.63) is 59.7 Å². The number of aliphatic carboxylic acids is 1. The van der Waals surface area contributed by atoms with Crippen LogP contribution in [0.1, 0.15) is 43.7 Å². The molecule has 2 aromatic carbocycles. The molecule has 2 amide bonds. The molecular weight excluding hydrogens is 436 g/mol. The lowest BCUT2D eigenvalue weighted by Crippen LogP contribution is -2.50. The van der Waals surface area contributed by atoms with Gasteiger partial charge in [0.25, 0.3) is 0 Å². The van der Waals surface area contributed by atoms with Crippen LogP contribution in [0, 0.1) is 11.8 Å². The summed E-state index contributed by atoms with van der Waals surface area (Å²) in [6.07, 6.45) is -1.27. The molecule has 0 heterocycles. The summed E-state index contributed by atoms with van der Waals surface area (Å²) in [5, 5.41) is 24.0. The van der Waals surface area contributed by atoms with E-state index in [9.17, 15) is 19.5 Å². The van der Waals surface area contributed by atoms with Crippen molar-refractivity contribution in [1.82, 2.24) is 10.6 Å². The Morgan fingerprint density at radius 3 is 2.24 bits per heavy atom. The zero-order valence-electron chi connectivity index (χ0n) is 19.1. The Labute approximate surface area is 198 Å². The maximum absolute atomic E-state index is 12.6. The van der Waals surface area contributed by atoms with E-state index < -0.39 is 36.0 Å². The highest BCUT2D eigenvalue weighted by atomic mass is 16.5. The summed E-state index contributed by atoms with van der Waals surface area (Å²) in [6, 6.07) is 14.9. The number of carboxylic acids is 1. The van der Waals surface area contributed by atoms with E-state index in [1.165, 1.54) is 6.92 Å². The molecule has 2 aromatic rings. The summed E-state index contributed by atoms with van der Waals surface area (Å²) in [5.41, 5.74) is 2.73. The number of carbonyl (C=O) groups excluding carboxylic acids is 2. The number of carbonyl (C=O) groups is 3. The molecule has 178 valence electrons. The fourth-order valence-electron chi connectivity index (χ4n) is 3.98. The maximum atomic E-state index is 12.6. The smallest absolute Gasteiger partial charge is 0.407 e. The van der Waals surface area contributed by atoms with Crippen molar-refractivity contribution in [2.45, 2.75) is 44.2 Å². The molecule has 1 aliphatic carbocycles. The molecule has 8 nitrogen and oxygen atoms in total. The number of benzene rings is 2. The number of aliphatic hydroxyl groups is 1. The first-order valence-corrected chi connectivity index (χ1v) is 10.9. The van der Waals surface area contributed by atoms with E-state index in [-0.39, 0.29) is 25.5 Å². The number of rotatable bonds is 9. The number of hydrogen-bond donors (Lipinski definition) is 4.